The number of carbonyl (C=O) groups excluding carboxylic acids is 2. The fourth-order valence-electron chi connectivity index (χ4n) is 2.38. The average molecular weight is 519 g/mol. The summed E-state index contributed by atoms with van der Waals surface area (Å²) >= 11 is 0. The SMILES string of the molecule is CC(O)C(NC(=O)OC(C)(C)C)C(=O)Oc1cc(C(=O)O)ccc1OCC(CO[N+](=O)[O-])O[N+](=O)[O-]. The van der Waals surface area contributed by atoms with Crippen LogP contribution in [0.15, 0.2) is 18.2 Å². The topological polar surface area (TPSA) is 236 Å². The van der Waals surface area contributed by atoms with Crippen LogP contribution in [0, 0.1) is 20.2 Å². The van der Waals surface area contributed by atoms with Crippen molar-refractivity contribution in [2.24, 2.45) is 0 Å². The van der Waals surface area contributed by atoms with E-state index in [1.807, 2.05) is 0 Å². The smallest absolute Gasteiger partial charge is 0.408 e. The molecule has 0 saturated heterocycles. The van der Waals surface area contributed by atoms with Gasteiger partial charge in [-0.05, 0) is 45.9 Å². The molecule has 3 atom stereocenters. The molecule has 1 amide bonds. The number of carbonyl (C=O) groups is 3. The molecule has 0 aliphatic carbocycles. The molecule has 0 fully saturated rings. The Morgan fingerprint density at radius 1 is 1.08 bits per heavy atom. The molecule has 0 bridgehead atoms. The fraction of sp³-hybridized carbons (Fsp3) is 0.526. The zero-order chi connectivity index (χ0) is 27.6. The molecule has 36 heavy (non-hydrogen) atoms. The van der Waals surface area contributed by atoms with Crippen LogP contribution in [0.5, 0.6) is 11.5 Å². The minimum absolute atomic E-state index is 0.326. The van der Waals surface area contributed by atoms with E-state index in [9.17, 15) is 44.8 Å². The number of aromatic carboxylic acids is 1. The van der Waals surface area contributed by atoms with Gasteiger partial charge in [-0.1, -0.05) is 0 Å². The van der Waals surface area contributed by atoms with Gasteiger partial charge in [-0.15, -0.1) is 20.2 Å². The van der Waals surface area contributed by atoms with Crippen LogP contribution in [-0.4, -0.2) is 75.5 Å². The molecule has 17 nitrogen and oxygen atoms in total. The molecule has 1 aromatic rings. The molecule has 0 aliphatic rings. The summed E-state index contributed by atoms with van der Waals surface area (Å²) in [6, 6.07) is 1.32. The molecule has 200 valence electrons. The number of aliphatic hydroxyl groups is 1. The number of hydrogen-bond acceptors (Lipinski definition) is 13. The normalized spacial score (nSPS) is 13.4. The summed E-state index contributed by atoms with van der Waals surface area (Å²) in [6.07, 6.45) is -4.12. The lowest BCUT2D eigenvalue weighted by Crippen LogP contribution is -2.50. The van der Waals surface area contributed by atoms with Crippen molar-refractivity contribution in [3.05, 3.63) is 44.0 Å². The highest BCUT2D eigenvalue weighted by atomic mass is 17.0. The van der Waals surface area contributed by atoms with E-state index in [4.69, 9.17) is 14.2 Å². The van der Waals surface area contributed by atoms with Crippen LogP contribution in [0.4, 0.5) is 4.79 Å². The first kappa shape index (κ1) is 29.6. The summed E-state index contributed by atoms with van der Waals surface area (Å²) < 4.78 is 15.4. The van der Waals surface area contributed by atoms with Gasteiger partial charge in [0.25, 0.3) is 10.2 Å². The molecule has 0 aromatic heterocycles. The molecule has 0 radical (unpaired) electrons. The van der Waals surface area contributed by atoms with E-state index in [0.717, 1.165) is 18.2 Å². The molecule has 17 heteroatoms. The molecule has 0 saturated carbocycles. The highest BCUT2D eigenvalue weighted by molar-refractivity contribution is 5.89. The Kier molecular flexibility index (Phi) is 10.6. The third kappa shape index (κ3) is 10.7. The average Bonchev–Trinajstić information content (AvgIpc) is 2.72. The van der Waals surface area contributed by atoms with E-state index in [-0.39, 0.29) is 11.3 Å². The van der Waals surface area contributed by atoms with Crippen molar-refractivity contribution >= 4 is 18.0 Å². The van der Waals surface area contributed by atoms with E-state index in [2.05, 4.69) is 15.0 Å². The number of nitrogens with zero attached hydrogens (tertiary/aromatic N) is 2. The molecule has 0 spiro atoms. The van der Waals surface area contributed by atoms with Crippen molar-refractivity contribution in [3.8, 4) is 11.5 Å². The summed E-state index contributed by atoms with van der Waals surface area (Å²) in [5.41, 5.74) is -1.27. The summed E-state index contributed by atoms with van der Waals surface area (Å²) in [5.74, 6) is -3.48. The molecule has 1 aromatic carbocycles. The summed E-state index contributed by atoms with van der Waals surface area (Å²) in [5, 5.41) is 39.8. The lowest BCUT2D eigenvalue weighted by atomic mass is 10.1. The second-order valence-electron chi connectivity index (χ2n) is 8.03. The molecular formula is C19H25N3O14. The Morgan fingerprint density at radius 3 is 2.22 bits per heavy atom. The Labute approximate surface area is 203 Å². The number of amides is 1. The largest absolute Gasteiger partial charge is 0.487 e. The lowest BCUT2D eigenvalue weighted by molar-refractivity contribution is -0.790. The monoisotopic (exact) mass is 519 g/mol. The van der Waals surface area contributed by atoms with Gasteiger partial charge < -0.3 is 39.4 Å². The van der Waals surface area contributed by atoms with E-state index in [1.54, 1.807) is 20.8 Å². The number of esters is 1. The zero-order valence-corrected chi connectivity index (χ0v) is 19.6. The molecular weight excluding hydrogens is 494 g/mol. The maximum absolute atomic E-state index is 12.7. The van der Waals surface area contributed by atoms with Crippen LogP contribution >= 0.6 is 0 Å². The van der Waals surface area contributed by atoms with Crippen molar-refractivity contribution in [1.82, 2.24) is 5.32 Å². The zero-order valence-electron chi connectivity index (χ0n) is 19.6. The number of nitrogens with one attached hydrogen (secondary N) is 1. The maximum atomic E-state index is 12.7. The Hall–Kier alpha value is -4.41. The molecule has 0 heterocycles. The van der Waals surface area contributed by atoms with Crippen molar-refractivity contribution < 1.29 is 58.7 Å². The van der Waals surface area contributed by atoms with E-state index in [0.29, 0.717) is 0 Å². The van der Waals surface area contributed by atoms with Gasteiger partial charge in [0.05, 0.1) is 11.7 Å². The third-order valence-electron chi connectivity index (χ3n) is 3.84. The van der Waals surface area contributed by atoms with Gasteiger partial charge in [0.2, 0.25) is 0 Å². The quantitative estimate of drug-likeness (QED) is 0.141. The van der Waals surface area contributed by atoms with Crippen LogP contribution in [0.25, 0.3) is 0 Å². The number of hydrogen-bond donors (Lipinski definition) is 3. The second-order valence-corrected chi connectivity index (χ2v) is 8.03. The van der Waals surface area contributed by atoms with Gasteiger partial charge in [-0.3, -0.25) is 0 Å². The molecule has 1 rings (SSSR count). The Balaban J connectivity index is 3.13. The van der Waals surface area contributed by atoms with E-state index in [1.165, 1.54) is 6.92 Å². The van der Waals surface area contributed by atoms with Crippen molar-refractivity contribution in [2.75, 3.05) is 13.2 Å². The van der Waals surface area contributed by atoms with Crippen molar-refractivity contribution in [3.63, 3.8) is 0 Å². The number of benzene rings is 1. The number of carboxylic acids is 1. The predicted octanol–water partition coefficient (Wildman–Crippen LogP) is 0.728. The minimum Gasteiger partial charge on any atom is -0.487 e. The minimum atomic E-state index is -1.65. The van der Waals surface area contributed by atoms with Gasteiger partial charge in [-0.2, -0.15) is 0 Å². The standard InChI is InChI=1S/C19H25N3O14/c1-10(23)15(20-18(27)35-19(2,3)4)17(26)34-14-7-11(16(24)25)5-6-13(14)32-8-12(36-22(30)31)9-33-21(28)29/h5-7,10,12,15,23H,8-9H2,1-4H3,(H,20,27)(H,24,25). The van der Waals surface area contributed by atoms with Crippen LogP contribution in [-0.2, 0) is 19.2 Å². The fourth-order valence-corrected chi connectivity index (χ4v) is 2.38. The van der Waals surface area contributed by atoms with Gasteiger partial charge >= 0.3 is 18.0 Å². The third-order valence-corrected chi connectivity index (χ3v) is 3.84. The molecule has 3 unspecified atom stereocenters. The van der Waals surface area contributed by atoms with Gasteiger partial charge in [-0.25, -0.2) is 14.4 Å². The van der Waals surface area contributed by atoms with E-state index >= 15 is 0 Å². The van der Waals surface area contributed by atoms with Gasteiger partial charge in [0.1, 0.15) is 18.8 Å². The first-order chi connectivity index (χ1) is 16.6. The van der Waals surface area contributed by atoms with Gasteiger partial charge in [0.15, 0.2) is 23.6 Å². The molecule has 0 aliphatic heterocycles. The van der Waals surface area contributed by atoms with Gasteiger partial charge in [0, 0.05) is 0 Å². The summed E-state index contributed by atoms with van der Waals surface area (Å²) in [4.78, 5) is 65.3. The highest BCUT2D eigenvalue weighted by Gasteiger charge is 2.31. The number of carboxylic acid groups (broad SMARTS) is 1. The van der Waals surface area contributed by atoms with Crippen LogP contribution < -0.4 is 14.8 Å². The first-order valence-corrected chi connectivity index (χ1v) is 10.1. The Bertz CT molecular complexity index is 975. The van der Waals surface area contributed by atoms with Crippen LogP contribution in [0.2, 0.25) is 0 Å². The first-order valence-electron chi connectivity index (χ1n) is 10.1. The highest BCUT2D eigenvalue weighted by Crippen LogP contribution is 2.29. The Morgan fingerprint density at radius 2 is 1.72 bits per heavy atom. The number of aliphatic hydroxyl groups excluding tert-OH is 1. The predicted molar refractivity (Wildman–Crippen MR) is 114 cm³/mol. The van der Waals surface area contributed by atoms with Crippen LogP contribution in [0.3, 0.4) is 0 Å². The maximum Gasteiger partial charge on any atom is 0.408 e. The second kappa shape index (κ2) is 12.9. The number of alkyl carbamates (subject to hydrolysis) is 1. The number of rotatable bonds is 13. The van der Waals surface area contributed by atoms with Crippen molar-refractivity contribution in [1.29, 1.82) is 0 Å². The molecule has 3 N–H and O–H groups in total. The van der Waals surface area contributed by atoms with E-state index < -0.39 is 71.0 Å². The summed E-state index contributed by atoms with van der Waals surface area (Å²) in [6.45, 7) is 4.26. The lowest BCUT2D eigenvalue weighted by Gasteiger charge is -2.24. The summed E-state index contributed by atoms with van der Waals surface area (Å²) in [7, 11) is 0. The van der Waals surface area contributed by atoms with Crippen LogP contribution in [0.1, 0.15) is 38.1 Å². The number of ether oxygens (including phenoxy) is 3. The van der Waals surface area contributed by atoms with Crippen molar-refractivity contribution in [2.45, 2.75) is 51.5 Å².